The molecule has 17 heavy (non-hydrogen) atoms. The maximum absolute atomic E-state index is 5.47. The minimum Gasteiger partial charge on any atom is -0.494 e. The van der Waals surface area contributed by atoms with Crippen LogP contribution in [0.4, 0.5) is 0 Å². The fourth-order valence-electron chi connectivity index (χ4n) is 1.65. The SMILES string of the molecule is CCOc1ccc(C(Br)CCC(C)C)c(Br)c1. The molecule has 1 rings (SSSR count). The van der Waals surface area contributed by atoms with Gasteiger partial charge >= 0.3 is 0 Å². The van der Waals surface area contributed by atoms with Gasteiger partial charge in [0.1, 0.15) is 5.75 Å². The Labute approximate surface area is 121 Å². The van der Waals surface area contributed by atoms with E-state index in [1.54, 1.807) is 0 Å². The predicted octanol–water partition coefficient (Wildman–Crippen LogP) is 5.72. The topological polar surface area (TPSA) is 9.23 Å². The lowest BCUT2D eigenvalue weighted by atomic mass is 10.0. The van der Waals surface area contributed by atoms with Gasteiger partial charge in [0.2, 0.25) is 0 Å². The largest absolute Gasteiger partial charge is 0.494 e. The van der Waals surface area contributed by atoms with E-state index in [2.05, 4.69) is 51.8 Å². The quantitative estimate of drug-likeness (QED) is 0.587. The van der Waals surface area contributed by atoms with Gasteiger partial charge in [0, 0.05) is 9.30 Å². The van der Waals surface area contributed by atoms with E-state index in [0.717, 1.165) is 22.6 Å². The van der Waals surface area contributed by atoms with E-state index in [1.807, 2.05) is 19.1 Å². The summed E-state index contributed by atoms with van der Waals surface area (Å²) in [5.74, 6) is 1.67. The Kier molecular flexibility index (Phi) is 6.57. The summed E-state index contributed by atoms with van der Waals surface area (Å²) in [5.41, 5.74) is 1.30. The Bertz CT molecular complexity index is 350. The van der Waals surface area contributed by atoms with Gasteiger partial charge in [-0.2, -0.15) is 0 Å². The van der Waals surface area contributed by atoms with Crippen molar-refractivity contribution < 1.29 is 4.74 Å². The molecule has 0 radical (unpaired) electrons. The minimum absolute atomic E-state index is 0.412. The van der Waals surface area contributed by atoms with Crippen molar-refractivity contribution in [3.8, 4) is 5.75 Å². The van der Waals surface area contributed by atoms with Crippen molar-refractivity contribution in [3.05, 3.63) is 28.2 Å². The number of rotatable bonds is 6. The van der Waals surface area contributed by atoms with Gasteiger partial charge in [-0.25, -0.2) is 0 Å². The van der Waals surface area contributed by atoms with Gasteiger partial charge in [0.05, 0.1) is 6.61 Å². The van der Waals surface area contributed by atoms with Gasteiger partial charge < -0.3 is 4.74 Å². The molecule has 1 nitrogen and oxygen atoms in total. The van der Waals surface area contributed by atoms with Gasteiger partial charge in [-0.05, 0) is 43.4 Å². The van der Waals surface area contributed by atoms with Crippen molar-refractivity contribution >= 4 is 31.9 Å². The third kappa shape index (κ3) is 5.01. The van der Waals surface area contributed by atoms with E-state index in [4.69, 9.17) is 4.74 Å². The Balaban J connectivity index is 2.70. The van der Waals surface area contributed by atoms with Crippen molar-refractivity contribution in [3.63, 3.8) is 0 Å². The van der Waals surface area contributed by atoms with Gasteiger partial charge in [-0.1, -0.05) is 51.8 Å². The Morgan fingerprint density at radius 1 is 1.24 bits per heavy atom. The average Bonchev–Trinajstić information content (AvgIpc) is 2.26. The molecular formula is C14H20Br2O. The van der Waals surface area contributed by atoms with Crippen LogP contribution < -0.4 is 4.74 Å². The number of alkyl halides is 1. The fraction of sp³-hybridized carbons (Fsp3) is 0.571. The molecule has 0 aliphatic carbocycles. The highest BCUT2D eigenvalue weighted by Crippen LogP contribution is 2.35. The third-order valence-electron chi connectivity index (χ3n) is 2.62. The molecule has 0 saturated carbocycles. The maximum Gasteiger partial charge on any atom is 0.120 e. The van der Waals surface area contributed by atoms with Crippen LogP contribution in [0.15, 0.2) is 22.7 Å². The molecule has 0 fully saturated rings. The minimum atomic E-state index is 0.412. The van der Waals surface area contributed by atoms with Crippen LogP contribution in [0.5, 0.6) is 5.75 Å². The first kappa shape index (κ1) is 15.0. The second-order valence-corrected chi connectivity index (χ2v) is 6.51. The van der Waals surface area contributed by atoms with Gasteiger partial charge in [0.15, 0.2) is 0 Å². The van der Waals surface area contributed by atoms with Crippen LogP contribution in [-0.2, 0) is 0 Å². The molecule has 0 heterocycles. The van der Waals surface area contributed by atoms with Crippen molar-refractivity contribution in [2.75, 3.05) is 6.61 Å². The normalized spacial score (nSPS) is 12.8. The molecule has 1 atom stereocenters. The van der Waals surface area contributed by atoms with Crippen molar-refractivity contribution in [1.82, 2.24) is 0 Å². The summed E-state index contributed by atoms with van der Waals surface area (Å²) in [6.07, 6.45) is 2.39. The molecule has 0 bridgehead atoms. The van der Waals surface area contributed by atoms with E-state index in [1.165, 1.54) is 12.0 Å². The van der Waals surface area contributed by atoms with Crippen molar-refractivity contribution in [2.24, 2.45) is 5.92 Å². The predicted molar refractivity (Wildman–Crippen MR) is 81.1 cm³/mol. The highest BCUT2D eigenvalue weighted by molar-refractivity contribution is 9.11. The number of benzene rings is 1. The summed E-state index contributed by atoms with van der Waals surface area (Å²) < 4.78 is 6.59. The van der Waals surface area contributed by atoms with Gasteiger partial charge in [-0.15, -0.1) is 0 Å². The molecule has 0 N–H and O–H groups in total. The Hall–Kier alpha value is -0.0200. The van der Waals surface area contributed by atoms with Crippen LogP contribution in [0, 0.1) is 5.92 Å². The lowest BCUT2D eigenvalue weighted by molar-refractivity contribution is 0.340. The fourth-order valence-corrected chi connectivity index (χ4v) is 3.26. The summed E-state index contributed by atoms with van der Waals surface area (Å²) >= 11 is 7.37. The van der Waals surface area contributed by atoms with Crippen LogP contribution in [-0.4, -0.2) is 6.61 Å². The second-order valence-electron chi connectivity index (χ2n) is 4.56. The molecule has 1 aromatic rings. The van der Waals surface area contributed by atoms with Crippen molar-refractivity contribution in [2.45, 2.75) is 38.4 Å². The molecule has 0 amide bonds. The van der Waals surface area contributed by atoms with Crippen molar-refractivity contribution in [1.29, 1.82) is 0 Å². The number of hydrogen-bond donors (Lipinski definition) is 0. The first-order valence-electron chi connectivity index (χ1n) is 6.11. The van der Waals surface area contributed by atoms with E-state index in [9.17, 15) is 0 Å². The first-order chi connectivity index (χ1) is 8.04. The van der Waals surface area contributed by atoms with Crippen LogP contribution in [0.1, 0.15) is 44.0 Å². The standard InChI is InChI=1S/C14H20Br2O/c1-4-17-11-6-7-12(14(16)9-11)13(15)8-5-10(2)3/h6-7,9-10,13H,4-5,8H2,1-3H3. The second kappa shape index (κ2) is 7.42. The molecule has 1 unspecified atom stereocenters. The van der Waals surface area contributed by atoms with Gasteiger partial charge in [-0.3, -0.25) is 0 Å². The maximum atomic E-state index is 5.47. The molecular weight excluding hydrogens is 344 g/mol. The highest BCUT2D eigenvalue weighted by Gasteiger charge is 2.12. The lowest BCUT2D eigenvalue weighted by Gasteiger charge is -2.14. The Morgan fingerprint density at radius 2 is 1.94 bits per heavy atom. The van der Waals surface area contributed by atoms with Gasteiger partial charge in [0.25, 0.3) is 0 Å². The highest BCUT2D eigenvalue weighted by atomic mass is 79.9. The molecule has 0 aliphatic heterocycles. The van der Waals surface area contributed by atoms with Crippen LogP contribution in [0.25, 0.3) is 0 Å². The zero-order valence-electron chi connectivity index (χ0n) is 10.7. The molecule has 0 spiro atoms. The van der Waals surface area contributed by atoms with Crippen LogP contribution in [0.3, 0.4) is 0 Å². The van der Waals surface area contributed by atoms with E-state index >= 15 is 0 Å². The van der Waals surface area contributed by atoms with E-state index < -0.39 is 0 Å². The molecule has 1 aromatic carbocycles. The number of ether oxygens (including phenoxy) is 1. The van der Waals surface area contributed by atoms with Crippen LogP contribution >= 0.6 is 31.9 Å². The molecule has 3 heteroatoms. The molecule has 0 aromatic heterocycles. The summed E-state index contributed by atoms with van der Waals surface area (Å²) in [4.78, 5) is 0.412. The molecule has 96 valence electrons. The average molecular weight is 364 g/mol. The zero-order chi connectivity index (χ0) is 12.8. The van der Waals surface area contributed by atoms with Crippen LogP contribution in [0.2, 0.25) is 0 Å². The summed E-state index contributed by atoms with van der Waals surface area (Å²) in [6.45, 7) is 7.22. The first-order valence-corrected chi connectivity index (χ1v) is 7.81. The smallest absolute Gasteiger partial charge is 0.120 e. The van der Waals surface area contributed by atoms with E-state index in [-0.39, 0.29) is 0 Å². The van der Waals surface area contributed by atoms with E-state index in [0.29, 0.717) is 11.4 Å². The lowest BCUT2D eigenvalue weighted by Crippen LogP contribution is -1.97. The number of hydrogen-bond acceptors (Lipinski definition) is 1. The summed E-state index contributed by atoms with van der Waals surface area (Å²) in [6, 6.07) is 6.21. The molecule has 0 aliphatic rings. The zero-order valence-corrected chi connectivity index (χ0v) is 13.8. The summed E-state index contributed by atoms with van der Waals surface area (Å²) in [7, 11) is 0. The monoisotopic (exact) mass is 362 g/mol. The third-order valence-corrected chi connectivity index (χ3v) is 4.26. The number of halogens is 2. The Morgan fingerprint density at radius 3 is 2.47 bits per heavy atom. The molecule has 0 saturated heterocycles. The summed E-state index contributed by atoms with van der Waals surface area (Å²) in [5, 5.41) is 0.